The molecule has 0 aliphatic heterocycles. The maximum atomic E-state index is 12.5. The van der Waals surface area contributed by atoms with Gasteiger partial charge in [0.1, 0.15) is 0 Å². The van der Waals surface area contributed by atoms with Gasteiger partial charge in [-0.2, -0.15) is 9.78 Å². The fraction of sp³-hybridized carbons (Fsp3) is 0. The van der Waals surface area contributed by atoms with Crippen LogP contribution in [0.1, 0.15) is 10.5 Å². The number of nitrogens with zero attached hydrogens (tertiary/aromatic N) is 2. The number of anilines is 1. The van der Waals surface area contributed by atoms with Crippen molar-refractivity contribution in [1.29, 1.82) is 0 Å². The fourth-order valence-corrected chi connectivity index (χ4v) is 2.99. The summed E-state index contributed by atoms with van der Waals surface area (Å²) in [7, 11) is 0. The summed E-state index contributed by atoms with van der Waals surface area (Å²) in [6.07, 6.45) is 0. The molecule has 3 rings (SSSR count). The van der Waals surface area contributed by atoms with Crippen LogP contribution in [0.25, 0.3) is 16.5 Å². The molecule has 0 aliphatic rings. The quantitative estimate of drug-likeness (QED) is 0.755. The van der Waals surface area contributed by atoms with Crippen LogP contribution in [0, 0.1) is 0 Å². The molecule has 0 atom stereocenters. The lowest BCUT2D eigenvalue weighted by Gasteiger charge is -2.07. The number of halogens is 1. The lowest BCUT2D eigenvalue weighted by molar-refractivity contribution is 0.0691. The minimum Gasteiger partial charge on any atom is -0.476 e. The van der Waals surface area contributed by atoms with Crippen LogP contribution in [0.4, 0.5) is 5.00 Å². The van der Waals surface area contributed by atoms with Crippen molar-refractivity contribution in [2.75, 3.05) is 5.73 Å². The average molecular weight is 322 g/mol. The molecule has 0 unspecified atom stereocenters. The maximum Gasteiger partial charge on any atom is 0.357 e. The normalized spacial score (nSPS) is 10.9. The van der Waals surface area contributed by atoms with E-state index >= 15 is 0 Å². The Kier molecular flexibility index (Phi) is 3.15. The summed E-state index contributed by atoms with van der Waals surface area (Å²) in [4.78, 5) is 23.8. The standard InChI is InChI=1S/C13H8ClN3O3S/c14-6-2-1-3-7(4-6)17-12(18)9-8(5-21-11(9)15)10(16-17)13(19)20/h1-5H,15H2,(H,19,20). The summed E-state index contributed by atoms with van der Waals surface area (Å²) in [6, 6.07) is 6.43. The molecule has 3 aromatic rings. The zero-order chi connectivity index (χ0) is 15.1. The molecular weight excluding hydrogens is 314 g/mol. The minimum absolute atomic E-state index is 0.160. The van der Waals surface area contributed by atoms with Crippen LogP contribution in [-0.4, -0.2) is 20.9 Å². The van der Waals surface area contributed by atoms with Crippen molar-refractivity contribution in [3.63, 3.8) is 0 Å². The van der Waals surface area contributed by atoms with Crippen LogP contribution in [0.5, 0.6) is 0 Å². The highest BCUT2D eigenvalue weighted by Crippen LogP contribution is 2.27. The van der Waals surface area contributed by atoms with E-state index in [0.29, 0.717) is 10.7 Å². The highest BCUT2D eigenvalue weighted by Gasteiger charge is 2.19. The Morgan fingerprint density at radius 1 is 1.43 bits per heavy atom. The summed E-state index contributed by atoms with van der Waals surface area (Å²) in [5.74, 6) is -1.23. The van der Waals surface area contributed by atoms with Crippen LogP contribution in [-0.2, 0) is 0 Å². The van der Waals surface area contributed by atoms with Crippen LogP contribution >= 0.6 is 22.9 Å². The van der Waals surface area contributed by atoms with E-state index in [1.165, 1.54) is 11.4 Å². The second-order valence-corrected chi connectivity index (χ2v) is 5.59. The van der Waals surface area contributed by atoms with E-state index in [0.717, 1.165) is 16.0 Å². The second kappa shape index (κ2) is 4.87. The van der Waals surface area contributed by atoms with Crippen LogP contribution in [0.2, 0.25) is 5.02 Å². The van der Waals surface area contributed by atoms with E-state index in [-0.39, 0.29) is 21.5 Å². The SMILES string of the molecule is Nc1scc2c(C(=O)O)nn(-c3cccc(Cl)c3)c(=O)c12. The van der Waals surface area contributed by atoms with E-state index in [9.17, 15) is 14.7 Å². The number of hydrogen-bond acceptors (Lipinski definition) is 5. The van der Waals surface area contributed by atoms with Gasteiger partial charge in [0, 0.05) is 15.8 Å². The molecule has 0 saturated carbocycles. The molecule has 0 fully saturated rings. The van der Waals surface area contributed by atoms with Gasteiger partial charge in [-0.05, 0) is 18.2 Å². The first kappa shape index (κ1) is 13.6. The van der Waals surface area contributed by atoms with Crippen LogP contribution < -0.4 is 11.3 Å². The zero-order valence-corrected chi connectivity index (χ0v) is 12.0. The van der Waals surface area contributed by atoms with Crippen LogP contribution in [0.3, 0.4) is 0 Å². The van der Waals surface area contributed by atoms with Gasteiger partial charge in [0.25, 0.3) is 5.56 Å². The van der Waals surface area contributed by atoms with Gasteiger partial charge in [0.15, 0.2) is 5.69 Å². The molecule has 0 spiro atoms. The average Bonchev–Trinajstić information content (AvgIpc) is 2.81. The van der Waals surface area contributed by atoms with E-state index in [4.69, 9.17) is 17.3 Å². The van der Waals surface area contributed by atoms with Gasteiger partial charge in [-0.3, -0.25) is 4.79 Å². The Morgan fingerprint density at radius 3 is 2.86 bits per heavy atom. The van der Waals surface area contributed by atoms with Gasteiger partial charge >= 0.3 is 5.97 Å². The number of carboxylic acid groups (broad SMARTS) is 1. The Hall–Kier alpha value is -2.38. The number of aromatic nitrogens is 2. The monoisotopic (exact) mass is 321 g/mol. The molecule has 0 radical (unpaired) electrons. The molecule has 0 aliphatic carbocycles. The van der Waals surface area contributed by atoms with Crippen molar-refractivity contribution >= 4 is 44.7 Å². The molecule has 21 heavy (non-hydrogen) atoms. The highest BCUT2D eigenvalue weighted by atomic mass is 35.5. The largest absolute Gasteiger partial charge is 0.476 e. The van der Waals surface area contributed by atoms with Gasteiger partial charge in [0.2, 0.25) is 0 Å². The lowest BCUT2D eigenvalue weighted by atomic mass is 10.2. The van der Waals surface area contributed by atoms with E-state index in [1.54, 1.807) is 18.2 Å². The Bertz CT molecular complexity index is 932. The number of benzene rings is 1. The summed E-state index contributed by atoms with van der Waals surface area (Å²) in [5.41, 5.74) is 5.46. The summed E-state index contributed by atoms with van der Waals surface area (Å²) in [5, 5.41) is 15.8. The molecule has 2 heterocycles. The molecule has 0 saturated heterocycles. The third-order valence-corrected chi connectivity index (χ3v) is 3.98. The Morgan fingerprint density at radius 2 is 2.19 bits per heavy atom. The molecule has 3 N–H and O–H groups in total. The van der Waals surface area contributed by atoms with Crippen LogP contribution in [0.15, 0.2) is 34.4 Å². The Balaban J connectivity index is 2.44. The molecule has 0 amide bonds. The number of carbonyl (C=O) groups is 1. The third-order valence-electron chi connectivity index (χ3n) is 2.94. The highest BCUT2D eigenvalue weighted by molar-refractivity contribution is 7.15. The van der Waals surface area contributed by atoms with Gasteiger partial charge in [-0.1, -0.05) is 17.7 Å². The number of carboxylic acids is 1. The van der Waals surface area contributed by atoms with Gasteiger partial charge < -0.3 is 10.8 Å². The molecule has 106 valence electrons. The number of rotatable bonds is 2. The van der Waals surface area contributed by atoms with E-state index < -0.39 is 11.5 Å². The van der Waals surface area contributed by atoms with Crippen molar-refractivity contribution in [3.8, 4) is 5.69 Å². The van der Waals surface area contributed by atoms with E-state index in [1.807, 2.05) is 0 Å². The molecule has 6 nitrogen and oxygen atoms in total. The second-order valence-electron chi connectivity index (χ2n) is 4.24. The zero-order valence-electron chi connectivity index (χ0n) is 10.4. The maximum absolute atomic E-state index is 12.5. The third kappa shape index (κ3) is 2.16. The first-order chi connectivity index (χ1) is 9.99. The number of nitrogen functional groups attached to an aromatic ring is 1. The number of nitrogens with two attached hydrogens (primary N) is 1. The fourth-order valence-electron chi connectivity index (χ4n) is 2.01. The minimum atomic E-state index is -1.23. The number of aromatic carboxylic acids is 1. The smallest absolute Gasteiger partial charge is 0.357 e. The van der Waals surface area contributed by atoms with Crippen molar-refractivity contribution < 1.29 is 9.90 Å². The van der Waals surface area contributed by atoms with Crippen molar-refractivity contribution in [3.05, 3.63) is 50.7 Å². The molecule has 0 bridgehead atoms. The van der Waals surface area contributed by atoms with Gasteiger partial charge in [0.05, 0.1) is 16.1 Å². The number of hydrogen-bond donors (Lipinski definition) is 2. The molecule has 8 heteroatoms. The molecule has 2 aromatic heterocycles. The van der Waals surface area contributed by atoms with Crippen molar-refractivity contribution in [2.24, 2.45) is 0 Å². The topological polar surface area (TPSA) is 98.2 Å². The van der Waals surface area contributed by atoms with Gasteiger partial charge in [-0.15, -0.1) is 11.3 Å². The Labute approximate surface area is 127 Å². The predicted octanol–water partition coefficient (Wildman–Crippen LogP) is 2.38. The van der Waals surface area contributed by atoms with E-state index in [2.05, 4.69) is 5.10 Å². The first-order valence-corrected chi connectivity index (χ1v) is 7.04. The predicted molar refractivity (Wildman–Crippen MR) is 81.6 cm³/mol. The molecule has 1 aromatic carbocycles. The van der Waals surface area contributed by atoms with Crippen molar-refractivity contribution in [2.45, 2.75) is 0 Å². The summed E-state index contributed by atoms with van der Waals surface area (Å²) in [6.45, 7) is 0. The number of fused-ring (bicyclic) bond motifs is 1. The molecular formula is C13H8ClN3O3S. The van der Waals surface area contributed by atoms with Gasteiger partial charge in [-0.25, -0.2) is 4.79 Å². The summed E-state index contributed by atoms with van der Waals surface area (Å²) >= 11 is 7.00. The summed E-state index contributed by atoms with van der Waals surface area (Å²) < 4.78 is 1.00. The van der Waals surface area contributed by atoms with Crippen molar-refractivity contribution in [1.82, 2.24) is 9.78 Å². The number of thiophene rings is 1. The first-order valence-electron chi connectivity index (χ1n) is 5.78. The lowest BCUT2D eigenvalue weighted by Crippen LogP contribution is -2.24.